The number of primary amides is 1. The first-order valence-corrected chi connectivity index (χ1v) is 5.54. The molecule has 16 heavy (non-hydrogen) atoms. The minimum Gasteiger partial charge on any atom is -0.366 e. The van der Waals surface area contributed by atoms with Gasteiger partial charge in [-0.05, 0) is 28.8 Å². The number of nitrogens with two attached hydrogens (primary N) is 1. The summed E-state index contributed by atoms with van der Waals surface area (Å²) in [6.45, 7) is 2.10. The molecule has 0 aromatic heterocycles. The normalized spacial score (nSPS) is 10.6. The number of carbonyl (C=O) groups excluding carboxylic acids is 1. The lowest BCUT2D eigenvalue weighted by atomic mass is 9.97. The molecule has 0 aliphatic heterocycles. The summed E-state index contributed by atoms with van der Waals surface area (Å²) in [6.07, 6.45) is 1.90. The summed E-state index contributed by atoms with van der Waals surface area (Å²) in [4.78, 5) is 11.4. The van der Waals surface area contributed by atoms with Gasteiger partial charge in [0.05, 0.1) is 0 Å². The lowest BCUT2D eigenvalue weighted by Gasteiger charge is -2.08. The van der Waals surface area contributed by atoms with Crippen LogP contribution >= 0.6 is 0 Å². The third-order valence-electron chi connectivity index (χ3n) is 2.76. The van der Waals surface area contributed by atoms with Gasteiger partial charge in [0.2, 0.25) is 5.91 Å². The molecule has 82 valence electrons. The van der Waals surface area contributed by atoms with Gasteiger partial charge in [-0.1, -0.05) is 43.7 Å². The topological polar surface area (TPSA) is 43.1 Å². The number of hydrogen-bond donors (Lipinski definition) is 1. The number of carbonyl (C=O) groups is 1. The summed E-state index contributed by atoms with van der Waals surface area (Å²) < 4.78 is 0. The quantitative estimate of drug-likeness (QED) is 0.837. The second kappa shape index (κ2) is 4.35. The average molecular weight is 213 g/mol. The molecule has 0 saturated carbocycles. The van der Waals surface area contributed by atoms with Crippen LogP contribution in [0.1, 0.15) is 29.3 Å². The van der Waals surface area contributed by atoms with E-state index in [1.54, 1.807) is 0 Å². The smallest absolute Gasteiger partial charge is 0.248 e. The fourth-order valence-corrected chi connectivity index (χ4v) is 1.99. The van der Waals surface area contributed by atoms with Crippen molar-refractivity contribution in [1.82, 2.24) is 0 Å². The molecule has 0 aliphatic carbocycles. The number of aryl methyl sites for hydroxylation is 1. The molecule has 2 aromatic carbocycles. The summed E-state index contributed by atoms with van der Waals surface area (Å²) in [5, 5.41) is 2.23. The molecule has 2 nitrogen and oxygen atoms in total. The van der Waals surface area contributed by atoms with Gasteiger partial charge >= 0.3 is 0 Å². The predicted octanol–water partition coefficient (Wildman–Crippen LogP) is 2.89. The largest absolute Gasteiger partial charge is 0.366 e. The average Bonchev–Trinajstić information content (AvgIpc) is 2.28. The van der Waals surface area contributed by atoms with Crippen molar-refractivity contribution in [3.8, 4) is 0 Å². The Balaban J connectivity index is 2.65. The van der Waals surface area contributed by atoms with Gasteiger partial charge in [0.15, 0.2) is 0 Å². The molecule has 1 amide bonds. The van der Waals surface area contributed by atoms with Gasteiger partial charge < -0.3 is 5.73 Å². The van der Waals surface area contributed by atoms with Crippen molar-refractivity contribution < 1.29 is 4.79 Å². The van der Waals surface area contributed by atoms with Gasteiger partial charge in [-0.25, -0.2) is 0 Å². The highest BCUT2D eigenvalue weighted by atomic mass is 16.1. The molecular formula is C14H15NO. The van der Waals surface area contributed by atoms with Crippen LogP contribution in [0.4, 0.5) is 0 Å². The van der Waals surface area contributed by atoms with E-state index in [0.717, 1.165) is 29.2 Å². The lowest BCUT2D eigenvalue weighted by Crippen LogP contribution is -2.13. The molecule has 2 N–H and O–H groups in total. The Morgan fingerprint density at radius 3 is 2.38 bits per heavy atom. The van der Waals surface area contributed by atoms with Gasteiger partial charge in [-0.2, -0.15) is 0 Å². The molecule has 2 heteroatoms. The Hall–Kier alpha value is -1.83. The van der Waals surface area contributed by atoms with Gasteiger partial charge in [-0.3, -0.25) is 4.79 Å². The molecule has 0 saturated heterocycles. The number of rotatable bonds is 3. The van der Waals surface area contributed by atoms with Crippen LogP contribution in [0.25, 0.3) is 10.8 Å². The molecule has 0 unspecified atom stereocenters. The van der Waals surface area contributed by atoms with Crippen molar-refractivity contribution in [1.29, 1.82) is 0 Å². The Morgan fingerprint density at radius 2 is 1.81 bits per heavy atom. The van der Waals surface area contributed by atoms with Crippen molar-refractivity contribution in [2.45, 2.75) is 19.8 Å². The molecule has 2 rings (SSSR count). The van der Waals surface area contributed by atoms with E-state index >= 15 is 0 Å². The minimum atomic E-state index is -0.339. The third kappa shape index (κ3) is 1.91. The Bertz CT molecular complexity index is 531. The maximum absolute atomic E-state index is 11.4. The van der Waals surface area contributed by atoms with Crippen LogP contribution in [0.3, 0.4) is 0 Å². The molecule has 0 bridgehead atoms. The van der Waals surface area contributed by atoms with Crippen LogP contribution in [0.2, 0.25) is 0 Å². The van der Waals surface area contributed by atoms with E-state index in [1.165, 1.54) is 0 Å². The van der Waals surface area contributed by atoms with E-state index in [2.05, 4.69) is 19.1 Å². The zero-order chi connectivity index (χ0) is 11.5. The summed E-state index contributed by atoms with van der Waals surface area (Å²) >= 11 is 0. The van der Waals surface area contributed by atoms with Gasteiger partial charge in [0.1, 0.15) is 0 Å². The van der Waals surface area contributed by atoms with Crippen LogP contribution in [0, 0.1) is 0 Å². The molecule has 0 radical (unpaired) electrons. The van der Waals surface area contributed by atoms with Gasteiger partial charge in [0.25, 0.3) is 0 Å². The highest BCUT2D eigenvalue weighted by Crippen LogP contribution is 2.21. The monoisotopic (exact) mass is 213 g/mol. The molecule has 0 aliphatic rings. The molecular weight excluding hydrogens is 198 g/mol. The zero-order valence-electron chi connectivity index (χ0n) is 9.36. The van der Waals surface area contributed by atoms with Crippen LogP contribution < -0.4 is 5.73 Å². The first kappa shape index (κ1) is 10.7. The van der Waals surface area contributed by atoms with E-state index in [9.17, 15) is 4.79 Å². The third-order valence-corrected chi connectivity index (χ3v) is 2.76. The predicted molar refractivity (Wildman–Crippen MR) is 66.5 cm³/mol. The fourth-order valence-electron chi connectivity index (χ4n) is 1.99. The van der Waals surface area contributed by atoms with E-state index in [4.69, 9.17) is 5.73 Å². The Morgan fingerprint density at radius 1 is 1.19 bits per heavy atom. The SMILES string of the molecule is CCCc1cc2ccccc2cc1C(N)=O. The number of benzene rings is 2. The van der Waals surface area contributed by atoms with Crippen molar-refractivity contribution in [2.75, 3.05) is 0 Å². The molecule has 0 fully saturated rings. The maximum Gasteiger partial charge on any atom is 0.248 e. The number of amides is 1. The van der Waals surface area contributed by atoms with Crippen molar-refractivity contribution >= 4 is 16.7 Å². The van der Waals surface area contributed by atoms with Crippen LogP contribution in [-0.4, -0.2) is 5.91 Å². The fraction of sp³-hybridized carbons (Fsp3) is 0.214. The molecule has 2 aromatic rings. The van der Waals surface area contributed by atoms with E-state index in [1.807, 2.05) is 24.3 Å². The maximum atomic E-state index is 11.4. The van der Waals surface area contributed by atoms with Gasteiger partial charge in [-0.15, -0.1) is 0 Å². The van der Waals surface area contributed by atoms with Crippen molar-refractivity contribution in [2.24, 2.45) is 5.73 Å². The summed E-state index contributed by atoms with van der Waals surface area (Å²) in [5.41, 5.74) is 7.10. The van der Waals surface area contributed by atoms with Crippen LogP contribution in [0.5, 0.6) is 0 Å². The van der Waals surface area contributed by atoms with Crippen molar-refractivity contribution in [3.63, 3.8) is 0 Å². The lowest BCUT2D eigenvalue weighted by molar-refractivity contribution is 0.0999. The second-order valence-corrected chi connectivity index (χ2v) is 3.97. The molecule has 0 spiro atoms. The molecule has 0 heterocycles. The second-order valence-electron chi connectivity index (χ2n) is 3.97. The summed E-state index contributed by atoms with van der Waals surface area (Å²) in [6, 6.07) is 12.0. The Labute approximate surface area is 95.1 Å². The number of hydrogen-bond acceptors (Lipinski definition) is 1. The molecule has 0 atom stereocenters. The standard InChI is InChI=1S/C14H15NO/c1-2-5-12-8-10-6-3-4-7-11(10)9-13(12)14(15)16/h3-4,6-9H,2,5H2,1H3,(H2,15,16). The van der Waals surface area contributed by atoms with Crippen LogP contribution in [-0.2, 0) is 6.42 Å². The first-order chi connectivity index (χ1) is 7.72. The minimum absolute atomic E-state index is 0.339. The zero-order valence-corrected chi connectivity index (χ0v) is 9.36. The highest BCUT2D eigenvalue weighted by Gasteiger charge is 2.08. The summed E-state index contributed by atoms with van der Waals surface area (Å²) in [5.74, 6) is -0.339. The van der Waals surface area contributed by atoms with Crippen LogP contribution in [0.15, 0.2) is 36.4 Å². The van der Waals surface area contributed by atoms with Crippen molar-refractivity contribution in [3.05, 3.63) is 47.5 Å². The highest BCUT2D eigenvalue weighted by molar-refractivity contribution is 5.99. The first-order valence-electron chi connectivity index (χ1n) is 5.54. The van der Waals surface area contributed by atoms with E-state index in [-0.39, 0.29) is 5.91 Å². The van der Waals surface area contributed by atoms with Gasteiger partial charge in [0, 0.05) is 5.56 Å². The summed E-state index contributed by atoms with van der Waals surface area (Å²) in [7, 11) is 0. The number of fused-ring (bicyclic) bond motifs is 1. The van der Waals surface area contributed by atoms with E-state index < -0.39 is 0 Å². The van der Waals surface area contributed by atoms with E-state index in [0.29, 0.717) is 5.56 Å². The Kier molecular flexibility index (Phi) is 2.91.